The lowest BCUT2D eigenvalue weighted by atomic mass is 9.73. The van der Waals surface area contributed by atoms with Gasteiger partial charge in [0.25, 0.3) is 0 Å². The van der Waals surface area contributed by atoms with Crippen LogP contribution in [0.5, 0.6) is 11.5 Å². The molecule has 0 aliphatic heterocycles. The van der Waals surface area contributed by atoms with Crippen LogP contribution < -0.4 is 9.47 Å². The van der Waals surface area contributed by atoms with Crippen LogP contribution in [0.15, 0.2) is 40.4 Å². The van der Waals surface area contributed by atoms with Crippen LogP contribution in [0.3, 0.4) is 0 Å². The first-order valence-electron chi connectivity index (χ1n) is 8.17. The second kappa shape index (κ2) is 7.99. The molecule has 0 saturated heterocycles. The molecule has 0 unspecified atom stereocenters. The highest BCUT2D eigenvalue weighted by molar-refractivity contribution is 9.10. The minimum atomic E-state index is -0.488. The normalized spacial score (nSPS) is 19.6. The molecule has 1 aliphatic carbocycles. The highest BCUT2D eigenvalue weighted by Gasteiger charge is 2.34. The molecule has 0 bridgehead atoms. The Balaban J connectivity index is 2.74. The monoisotopic (exact) mass is 420 g/mol. The van der Waals surface area contributed by atoms with Gasteiger partial charge in [-0.05, 0) is 37.5 Å². The quantitative estimate of drug-likeness (QED) is 0.407. The molecule has 138 valence electrons. The van der Waals surface area contributed by atoms with E-state index in [4.69, 9.17) is 9.47 Å². The molecule has 0 heterocycles. The number of allylic oxidation sites excluding steroid dienone is 3. The number of halogens is 1. The fraction of sp³-hybridized carbons (Fsp3) is 0.350. The lowest BCUT2D eigenvalue weighted by Crippen LogP contribution is -2.24. The summed E-state index contributed by atoms with van der Waals surface area (Å²) >= 11 is 3.35. The molecule has 0 saturated carbocycles. The van der Waals surface area contributed by atoms with Crippen molar-refractivity contribution in [3.8, 4) is 11.5 Å². The minimum Gasteiger partial charge on any atom is -0.426 e. The van der Waals surface area contributed by atoms with Gasteiger partial charge in [0.2, 0.25) is 0 Å². The second-order valence-corrected chi connectivity index (χ2v) is 7.37. The van der Waals surface area contributed by atoms with E-state index in [0.717, 1.165) is 5.57 Å². The third kappa shape index (κ3) is 4.49. The maximum absolute atomic E-state index is 12.2. The Morgan fingerprint density at radius 3 is 2.04 bits per heavy atom. The van der Waals surface area contributed by atoms with Crippen LogP contribution in [0.25, 0.3) is 0 Å². The minimum absolute atomic E-state index is 0.0504. The Morgan fingerprint density at radius 1 is 1.12 bits per heavy atom. The number of carbonyl (C=O) groups is 3. The molecule has 6 heteroatoms. The van der Waals surface area contributed by atoms with Gasteiger partial charge < -0.3 is 9.47 Å². The van der Waals surface area contributed by atoms with E-state index in [-0.39, 0.29) is 29.1 Å². The summed E-state index contributed by atoms with van der Waals surface area (Å²) in [5.74, 6) is -0.835. The van der Waals surface area contributed by atoms with Gasteiger partial charge in [-0.3, -0.25) is 14.4 Å². The van der Waals surface area contributed by atoms with Crippen LogP contribution >= 0.6 is 15.9 Å². The zero-order chi connectivity index (χ0) is 19.6. The largest absolute Gasteiger partial charge is 0.426 e. The zero-order valence-corrected chi connectivity index (χ0v) is 16.8. The first-order valence-corrected chi connectivity index (χ1v) is 8.96. The van der Waals surface area contributed by atoms with Gasteiger partial charge in [-0.25, -0.2) is 0 Å². The van der Waals surface area contributed by atoms with Crippen LogP contribution in [0.1, 0.15) is 45.6 Å². The molecule has 2 atom stereocenters. The molecule has 0 fully saturated rings. The van der Waals surface area contributed by atoms with Gasteiger partial charge in [-0.15, -0.1) is 0 Å². The molecule has 0 aromatic heterocycles. The van der Waals surface area contributed by atoms with Crippen molar-refractivity contribution in [2.24, 2.45) is 5.92 Å². The molecule has 0 spiro atoms. The van der Waals surface area contributed by atoms with E-state index < -0.39 is 11.9 Å². The van der Waals surface area contributed by atoms with Crippen molar-refractivity contribution in [2.45, 2.75) is 40.0 Å². The summed E-state index contributed by atoms with van der Waals surface area (Å²) in [4.78, 5) is 35.4. The van der Waals surface area contributed by atoms with Gasteiger partial charge in [0.15, 0.2) is 5.78 Å². The summed E-state index contributed by atoms with van der Waals surface area (Å²) in [6, 6.07) is 3.30. The predicted octanol–water partition coefficient (Wildman–Crippen LogP) is 4.49. The van der Waals surface area contributed by atoms with Crippen LogP contribution in [0.4, 0.5) is 0 Å². The lowest BCUT2D eigenvalue weighted by molar-refractivity contribution is -0.132. The molecule has 0 amide bonds. The van der Waals surface area contributed by atoms with Gasteiger partial charge in [0.1, 0.15) is 11.5 Å². The number of rotatable bonds is 4. The Bertz CT molecular complexity index is 784. The molecule has 2 rings (SSSR count). The van der Waals surface area contributed by atoms with Gasteiger partial charge in [0, 0.05) is 36.2 Å². The van der Waals surface area contributed by atoms with E-state index in [9.17, 15) is 14.4 Å². The van der Waals surface area contributed by atoms with Crippen molar-refractivity contribution in [3.63, 3.8) is 0 Å². The highest BCUT2D eigenvalue weighted by Crippen LogP contribution is 2.47. The SMILES string of the molecule is C=C(C)[C@@H]1CC(=O)C(C)=C[C@H]1c1c(OC(C)=O)cc(Br)cc1OC(C)=O. The number of hydrogen-bond donors (Lipinski definition) is 0. The Hall–Kier alpha value is -2.21. The van der Waals surface area contributed by atoms with Crippen LogP contribution in [-0.2, 0) is 14.4 Å². The molecular weight excluding hydrogens is 400 g/mol. The second-order valence-electron chi connectivity index (χ2n) is 6.46. The van der Waals surface area contributed by atoms with E-state index in [1.54, 1.807) is 19.1 Å². The number of ketones is 1. The van der Waals surface area contributed by atoms with E-state index in [1.807, 2.05) is 13.0 Å². The Morgan fingerprint density at radius 2 is 1.62 bits per heavy atom. The maximum Gasteiger partial charge on any atom is 0.308 e. The first-order chi connectivity index (χ1) is 12.1. The highest BCUT2D eigenvalue weighted by atomic mass is 79.9. The van der Waals surface area contributed by atoms with Gasteiger partial charge in [-0.2, -0.15) is 0 Å². The van der Waals surface area contributed by atoms with E-state index in [1.165, 1.54) is 13.8 Å². The van der Waals surface area contributed by atoms with Crippen LogP contribution in [-0.4, -0.2) is 17.7 Å². The van der Waals surface area contributed by atoms with Gasteiger partial charge >= 0.3 is 11.9 Å². The molecular formula is C20H21BrO5. The summed E-state index contributed by atoms with van der Waals surface area (Å²) in [6.07, 6.45) is 2.13. The molecule has 1 aromatic carbocycles. The van der Waals surface area contributed by atoms with E-state index in [2.05, 4.69) is 22.5 Å². The zero-order valence-electron chi connectivity index (χ0n) is 15.2. The molecule has 1 aliphatic rings. The predicted molar refractivity (Wildman–Crippen MR) is 101 cm³/mol. The standard InChI is InChI=1S/C20H21BrO5/c1-10(2)15-9-17(24)11(3)6-16(15)20-18(25-12(4)22)7-14(21)8-19(20)26-13(5)23/h6-8,15-16H,1,9H2,2-5H3/t15-,16+/m0/s1. The lowest BCUT2D eigenvalue weighted by Gasteiger charge is -2.31. The number of esters is 2. The van der Waals surface area contributed by atoms with Crippen LogP contribution in [0.2, 0.25) is 0 Å². The third-order valence-electron chi connectivity index (χ3n) is 4.25. The number of Topliss-reactive ketones (excluding diaryl/α,β-unsaturated/α-hetero) is 1. The Kier molecular flexibility index (Phi) is 6.18. The smallest absolute Gasteiger partial charge is 0.308 e. The average Bonchev–Trinajstić information content (AvgIpc) is 2.48. The fourth-order valence-electron chi connectivity index (χ4n) is 3.11. The van der Waals surface area contributed by atoms with Crippen molar-refractivity contribution in [2.75, 3.05) is 0 Å². The summed E-state index contributed by atoms with van der Waals surface area (Å²) in [5.41, 5.74) is 2.01. The topological polar surface area (TPSA) is 69.7 Å². The van der Waals surface area contributed by atoms with E-state index >= 15 is 0 Å². The van der Waals surface area contributed by atoms with Crippen molar-refractivity contribution in [3.05, 3.63) is 46.0 Å². The summed E-state index contributed by atoms with van der Waals surface area (Å²) < 4.78 is 11.4. The maximum atomic E-state index is 12.2. The molecule has 0 N–H and O–H groups in total. The number of benzene rings is 1. The Labute approximate surface area is 161 Å². The molecule has 1 aromatic rings. The molecule has 5 nitrogen and oxygen atoms in total. The van der Waals surface area contributed by atoms with Crippen molar-refractivity contribution >= 4 is 33.7 Å². The summed E-state index contributed by atoms with van der Waals surface area (Å²) in [6.45, 7) is 10.2. The van der Waals surface area contributed by atoms with Crippen LogP contribution in [0, 0.1) is 5.92 Å². The van der Waals surface area contributed by atoms with Gasteiger partial charge in [0.05, 0.1) is 0 Å². The average molecular weight is 421 g/mol. The fourth-order valence-corrected chi connectivity index (χ4v) is 3.52. The number of hydrogen-bond acceptors (Lipinski definition) is 5. The van der Waals surface area contributed by atoms with Gasteiger partial charge in [-0.1, -0.05) is 34.2 Å². The van der Waals surface area contributed by atoms with Crippen molar-refractivity contribution < 1.29 is 23.9 Å². The number of carbonyl (C=O) groups excluding carboxylic acids is 3. The van der Waals surface area contributed by atoms with E-state index in [0.29, 0.717) is 22.0 Å². The summed E-state index contributed by atoms with van der Waals surface area (Å²) in [7, 11) is 0. The number of ether oxygens (including phenoxy) is 2. The first kappa shape index (κ1) is 20.1. The third-order valence-corrected chi connectivity index (χ3v) is 4.71. The molecule has 26 heavy (non-hydrogen) atoms. The summed E-state index contributed by atoms with van der Waals surface area (Å²) in [5, 5.41) is 0. The van der Waals surface area contributed by atoms with Crippen molar-refractivity contribution in [1.29, 1.82) is 0 Å². The molecule has 0 radical (unpaired) electrons. The van der Waals surface area contributed by atoms with Crippen molar-refractivity contribution in [1.82, 2.24) is 0 Å².